The van der Waals surface area contributed by atoms with E-state index in [1.54, 1.807) is 0 Å². The molecule has 16 nitrogen and oxygen atoms in total. The first kappa shape index (κ1) is 120. The van der Waals surface area contributed by atoms with Crippen molar-refractivity contribution < 1.29 is 42.6 Å². The summed E-state index contributed by atoms with van der Waals surface area (Å²) < 4.78 is 44.3. The monoisotopic (exact) mass is 1850 g/mol. The lowest BCUT2D eigenvalue weighted by atomic mass is 10.0. The predicted octanol–water partition coefficient (Wildman–Crippen LogP) is 21.9. The average molecular weight is 1850 g/mol. The van der Waals surface area contributed by atoms with Crippen LogP contribution < -0.4 is 37.2 Å². The summed E-state index contributed by atoms with van der Waals surface area (Å²) >= 11 is 16.4. The van der Waals surface area contributed by atoms with Gasteiger partial charge in [-0.1, -0.05) is 161 Å². The van der Waals surface area contributed by atoms with Crippen molar-refractivity contribution in [1.29, 1.82) is 0 Å². The summed E-state index contributed by atoms with van der Waals surface area (Å²) in [5.74, 6) is 21.9. The summed E-state index contributed by atoms with van der Waals surface area (Å²) in [7, 11) is 0. The summed E-state index contributed by atoms with van der Waals surface area (Å²) in [6.45, 7) is 33.8. The van der Waals surface area contributed by atoms with E-state index >= 15 is 0 Å². The van der Waals surface area contributed by atoms with Gasteiger partial charge in [0.05, 0.1) is 66.1 Å². The second kappa shape index (κ2) is 117. The Kier molecular flexibility index (Phi) is 117. The Morgan fingerprint density at radius 3 is 0.342 bits per heavy atom. The van der Waals surface area contributed by atoms with Crippen LogP contribution in [0.4, 0.5) is 0 Å². The van der Waals surface area contributed by atoms with Crippen LogP contribution in [0.15, 0.2) is 0 Å². The number of ether oxygens (including phenoxy) is 9. The standard InChI is InChI=1S/2C5H11N.C5H10O.C5H10S.2C5H10.C4H9NO.C4H9NS.2C4H9N.C4H8O2.C4H8OS.3C4H8O.C4H8S2.2C4H8S.3C4H8.C2H5N.C2H4O.C2H4S/c4*1-2-4-6-5-3-1;2*1-2-4-5-3-1;2*1-3-6-4-2-5-1;2*1-2-4-5-3-1;1-2-6-4-3-5-1;1-3-6-4-2-5-1;3*1-2-4-5-3-1;1-2-6-4-3-5-1;2*1-2-4-5-3-1;3*1-2-4-3-1;3*1-2-3-1/h2*6H,1-5H2;2*1-5H2;2*1-5H2;2*5H,1-4H2;2*5H,1-4H2;2*1-4H2;3*1-4H2;1-4H2;2*1-4H2;3*1-4H2;3H,1-2H2;2*1-2H2. The molecule has 24 aliphatic rings. The Balaban J connectivity index is 0.000000627. The molecule has 0 bridgehead atoms. The number of morpholine rings is 1. The fraction of sp³-hybridized carbons (Fsp3) is 1.00. The molecule has 24 heteroatoms. The summed E-state index contributed by atoms with van der Waals surface area (Å²) in [6.07, 6.45) is 68.8. The number of rotatable bonds is 0. The largest absolute Gasteiger partial charge is 0.381 e. The highest BCUT2D eigenvalue weighted by Gasteiger charge is 2.06. The number of hydrogen-bond donors (Lipinski definition) is 7. The van der Waals surface area contributed by atoms with Crippen molar-refractivity contribution in [1.82, 2.24) is 37.2 Å². The van der Waals surface area contributed by atoms with Crippen molar-refractivity contribution in [3.8, 4) is 0 Å². The average Bonchev–Trinajstić information content (AvgIpc) is 3.42. The fourth-order valence-electron chi connectivity index (χ4n) is 11.6. The third kappa shape index (κ3) is 126. The summed E-state index contributed by atoms with van der Waals surface area (Å²) in [5, 5.41) is 22.4. The molecule has 5 saturated carbocycles. The van der Waals surface area contributed by atoms with Gasteiger partial charge in [0.1, 0.15) is 0 Å². The van der Waals surface area contributed by atoms with Crippen LogP contribution in [-0.4, -0.2) is 303 Å². The van der Waals surface area contributed by atoms with Gasteiger partial charge in [-0.3, -0.25) is 0 Å². The number of hydrogen-bond acceptors (Lipinski definition) is 24. The Bertz CT molecular complexity index is 1150. The van der Waals surface area contributed by atoms with Crippen LogP contribution in [0, 0.1) is 0 Å². The van der Waals surface area contributed by atoms with Gasteiger partial charge in [0, 0.05) is 150 Å². The molecule has 19 aliphatic heterocycles. The maximum atomic E-state index is 5.07. The van der Waals surface area contributed by atoms with Gasteiger partial charge in [-0.25, -0.2) is 0 Å². The van der Waals surface area contributed by atoms with E-state index in [0.29, 0.717) is 0 Å². The number of piperidine rings is 2. The maximum Gasteiger partial charge on any atom is 0.0701 e. The molecular weight excluding hydrogens is 1650 g/mol. The Morgan fingerprint density at radius 1 is 0.0917 bits per heavy atom. The van der Waals surface area contributed by atoms with Gasteiger partial charge in [-0.15, -0.1) is 0 Å². The van der Waals surface area contributed by atoms with Crippen LogP contribution in [0.1, 0.15) is 308 Å². The van der Waals surface area contributed by atoms with Gasteiger partial charge in [-0.05, 0) is 235 Å². The molecule has 0 unspecified atom stereocenters. The molecule has 7 N–H and O–H groups in total. The lowest BCUT2D eigenvalue weighted by molar-refractivity contribution is -0.0334. The molecule has 0 aromatic rings. The smallest absolute Gasteiger partial charge is 0.0701 e. The van der Waals surface area contributed by atoms with Gasteiger partial charge in [-0.2, -0.15) is 94.1 Å². The highest BCUT2D eigenvalue weighted by atomic mass is 32.2. The SMILES string of the molecule is C1CCC1.C1CCC1.C1CCC1.C1CCCC1.C1CCCC1.C1CCNC1.C1CCNC1.C1CCNCC1.C1CCNCC1.C1CCOC1.C1CCOC1.C1CCOC1.C1CCOCC1.C1CCSC1.C1CCSC1.C1CCSCC1.C1CN1.C1CO1.C1COCCN1.C1COCCO1.C1CS1.C1CSCCN1.C1CSCCO1.C1CSCCS1. The third-order valence-corrected chi connectivity index (χ3v) is 29.0. The molecule has 0 radical (unpaired) electrons. The predicted molar refractivity (Wildman–Crippen MR) is 548 cm³/mol. The molecule has 0 aromatic carbocycles. The van der Waals surface area contributed by atoms with Crippen LogP contribution in [0.5, 0.6) is 0 Å². The molecule has 5 aliphatic carbocycles. The molecular formula is C96H199N7O9S8. The Labute approximate surface area is 778 Å². The van der Waals surface area contributed by atoms with Crippen molar-refractivity contribution in [2.45, 2.75) is 308 Å². The second-order valence-corrected chi connectivity index (χ2v) is 42.4. The molecule has 120 heavy (non-hydrogen) atoms. The molecule has 19 heterocycles. The highest BCUT2D eigenvalue weighted by Crippen LogP contribution is 2.20. The molecule has 24 rings (SSSR count). The third-order valence-electron chi connectivity index (χ3n) is 20.7. The zero-order valence-corrected chi connectivity index (χ0v) is 84.9. The van der Waals surface area contributed by atoms with E-state index in [9.17, 15) is 0 Å². The molecule has 19 saturated heterocycles. The normalized spacial score (nSPS) is 24.0. The van der Waals surface area contributed by atoms with Crippen molar-refractivity contribution in [2.75, 3.05) is 303 Å². The number of nitrogens with one attached hydrogen (secondary N) is 7. The summed E-state index contributed by atoms with van der Waals surface area (Å²) in [5.41, 5.74) is 0. The molecule has 0 aromatic heterocycles. The summed E-state index contributed by atoms with van der Waals surface area (Å²) in [6, 6.07) is 0. The minimum atomic E-state index is 0.778. The minimum absolute atomic E-state index is 0.778. The molecule has 0 amide bonds. The van der Waals surface area contributed by atoms with Crippen molar-refractivity contribution in [3.63, 3.8) is 0 Å². The molecule has 24 fully saturated rings. The van der Waals surface area contributed by atoms with Gasteiger partial charge in [0.15, 0.2) is 0 Å². The highest BCUT2D eigenvalue weighted by molar-refractivity contribution is 8.06. The zero-order valence-electron chi connectivity index (χ0n) is 78.3. The van der Waals surface area contributed by atoms with E-state index in [1.165, 1.54) is 479 Å². The topological polar surface area (TPSA) is 180 Å². The number of thioether (sulfide) groups is 8. The van der Waals surface area contributed by atoms with Crippen molar-refractivity contribution in [2.24, 2.45) is 0 Å². The first-order valence-corrected chi connectivity index (χ1v) is 60.0. The zero-order chi connectivity index (χ0) is 84.9. The number of epoxide rings is 1. The first-order chi connectivity index (χ1) is 60.0. The van der Waals surface area contributed by atoms with Crippen LogP contribution in [0.3, 0.4) is 0 Å². The minimum Gasteiger partial charge on any atom is -0.381 e. The van der Waals surface area contributed by atoms with Gasteiger partial charge < -0.3 is 79.8 Å². The quantitative estimate of drug-likeness (QED) is 0.114. The van der Waals surface area contributed by atoms with Gasteiger partial charge in [0.25, 0.3) is 0 Å². The van der Waals surface area contributed by atoms with Crippen molar-refractivity contribution in [3.05, 3.63) is 0 Å². The molecule has 720 valence electrons. The second-order valence-electron chi connectivity index (χ2n) is 32.6. The van der Waals surface area contributed by atoms with E-state index in [2.05, 4.69) is 101 Å². The molecule has 0 spiro atoms. The van der Waals surface area contributed by atoms with Gasteiger partial charge >= 0.3 is 0 Å². The van der Waals surface area contributed by atoms with Gasteiger partial charge in [0.2, 0.25) is 0 Å². The Hall–Kier alpha value is 2.16. The lowest BCUT2D eigenvalue weighted by Gasteiger charge is -2.10. The van der Waals surface area contributed by atoms with E-state index in [4.69, 9.17) is 37.9 Å². The maximum absolute atomic E-state index is 5.07. The van der Waals surface area contributed by atoms with Crippen LogP contribution in [0.25, 0.3) is 0 Å². The van der Waals surface area contributed by atoms with E-state index < -0.39 is 0 Å². The Morgan fingerprint density at radius 2 is 0.242 bits per heavy atom. The fourth-order valence-corrected chi connectivity index (χ4v) is 18.5. The van der Waals surface area contributed by atoms with E-state index in [1.807, 2.05) is 35.3 Å². The van der Waals surface area contributed by atoms with Crippen LogP contribution in [0.2, 0.25) is 0 Å². The van der Waals surface area contributed by atoms with Crippen molar-refractivity contribution >= 4 is 94.1 Å². The van der Waals surface area contributed by atoms with Crippen LogP contribution >= 0.6 is 94.1 Å². The molecule has 0 atom stereocenters. The summed E-state index contributed by atoms with van der Waals surface area (Å²) in [4.78, 5) is 0. The van der Waals surface area contributed by atoms with E-state index in [-0.39, 0.29) is 0 Å². The van der Waals surface area contributed by atoms with E-state index in [0.717, 1.165) is 132 Å². The first-order valence-electron chi connectivity index (χ1n) is 50.8. The van der Waals surface area contributed by atoms with Crippen LogP contribution in [-0.2, 0) is 42.6 Å². The lowest BCUT2D eigenvalue weighted by Crippen LogP contribution is -2.30.